The number of aromatic nitrogens is 3. The molecule has 25 heavy (non-hydrogen) atoms. The molecule has 1 aliphatic rings. The maximum atomic E-state index is 12.7. The Labute approximate surface area is 153 Å². The molecule has 7 heteroatoms. The first-order valence-electron chi connectivity index (χ1n) is 7.51. The molecule has 0 saturated heterocycles. The first kappa shape index (κ1) is 16.1. The van der Waals surface area contributed by atoms with Gasteiger partial charge in [0.15, 0.2) is 5.16 Å². The number of thioether (sulfide) groups is 1. The molecule has 0 unspecified atom stereocenters. The number of fused-ring (bicyclic) bond motifs is 3. The molecule has 0 fully saturated rings. The van der Waals surface area contributed by atoms with Crippen LogP contribution in [0.1, 0.15) is 21.6 Å². The lowest BCUT2D eigenvalue weighted by Crippen LogP contribution is -2.05. The average Bonchev–Trinajstić information content (AvgIpc) is 2.94. The van der Waals surface area contributed by atoms with Gasteiger partial charge in [-0.1, -0.05) is 53.7 Å². The minimum atomic E-state index is -0.245. The van der Waals surface area contributed by atoms with Gasteiger partial charge in [-0.15, -0.1) is 0 Å². The number of pyridine rings is 1. The number of nitrogens with zero attached hydrogens (tertiary/aromatic N) is 3. The summed E-state index contributed by atoms with van der Waals surface area (Å²) in [5.74, 6) is 0.137. The van der Waals surface area contributed by atoms with Gasteiger partial charge in [0.05, 0.1) is 11.1 Å². The molecule has 0 N–H and O–H groups in total. The molecule has 5 nitrogen and oxygen atoms in total. The maximum absolute atomic E-state index is 12.7. The Morgan fingerprint density at radius 2 is 1.92 bits per heavy atom. The number of benzene rings is 1. The fourth-order valence-corrected chi connectivity index (χ4v) is 3.33. The first-order chi connectivity index (χ1) is 12.2. The minimum absolute atomic E-state index is 0.167. The van der Waals surface area contributed by atoms with Crippen LogP contribution in [0.15, 0.2) is 47.8 Å². The zero-order chi connectivity index (χ0) is 17.4. The van der Waals surface area contributed by atoms with E-state index in [2.05, 4.69) is 15.0 Å². The molecule has 1 aliphatic carbocycles. The molecule has 0 atom stereocenters. The molecule has 2 aromatic heterocycles. The van der Waals surface area contributed by atoms with Crippen molar-refractivity contribution in [1.29, 1.82) is 0 Å². The van der Waals surface area contributed by atoms with E-state index in [1.807, 2.05) is 36.6 Å². The molecular formula is C18H12ClN3O2S. The van der Waals surface area contributed by atoms with E-state index in [1.165, 1.54) is 11.8 Å². The lowest BCUT2D eigenvalue weighted by molar-refractivity contribution is 0.103. The summed E-state index contributed by atoms with van der Waals surface area (Å²) in [5, 5.41) is 0.646. The van der Waals surface area contributed by atoms with Crippen LogP contribution in [0.4, 0.5) is 0 Å². The summed E-state index contributed by atoms with van der Waals surface area (Å²) in [5.41, 5.74) is 2.93. The highest BCUT2D eigenvalue weighted by molar-refractivity contribution is 7.98. The van der Waals surface area contributed by atoms with Crippen molar-refractivity contribution >= 4 is 29.1 Å². The van der Waals surface area contributed by atoms with E-state index >= 15 is 0 Å². The number of rotatable bonds is 4. The molecular weight excluding hydrogens is 358 g/mol. The zero-order valence-corrected chi connectivity index (χ0v) is 14.8. The highest BCUT2D eigenvalue weighted by Crippen LogP contribution is 2.43. The topological polar surface area (TPSA) is 65.0 Å². The predicted octanol–water partition coefficient (Wildman–Crippen LogP) is 4.04. The van der Waals surface area contributed by atoms with Crippen LogP contribution in [0, 0.1) is 0 Å². The number of carbonyl (C=O) groups is 1. The van der Waals surface area contributed by atoms with Crippen molar-refractivity contribution in [3.63, 3.8) is 0 Å². The third kappa shape index (κ3) is 2.77. The van der Waals surface area contributed by atoms with Crippen LogP contribution in [0.3, 0.4) is 0 Å². The Morgan fingerprint density at radius 1 is 1.12 bits per heavy atom. The number of hydrogen-bond acceptors (Lipinski definition) is 6. The summed E-state index contributed by atoms with van der Waals surface area (Å²) in [4.78, 5) is 25.5. The lowest BCUT2D eigenvalue weighted by Gasteiger charge is -2.11. The quantitative estimate of drug-likeness (QED) is 0.307. The van der Waals surface area contributed by atoms with Gasteiger partial charge in [0.25, 0.3) is 0 Å². The van der Waals surface area contributed by atoms with Crippen LogP contribution < -0.4 is 4.74 Å². The number of carbonyl (C=O) groups excluding carboxylic acids is 1. The van der Waals surface area contributed by atoms with Crippen LogP contribution in [0.5, 0.6) is 5.88 Å². The Morgan fingerprint density at radius 3 is 2.68 bits per heavy atom. The Kier molecular flexibility index (Phi) is 4.15. The van der Waals surface area contributed by atoms with Gasteiger partial charge in [-0.2, -0.15) is 4.98 Å². The molecule has 4 rings (SSSR count). The molecule has 0 spiro atoms. The number of ketones is 1. The number of ether oxygens (including phenoxy) is 1. The smallest absolute Gasteiger partial charge is 0.226 e. The summed E-state index contributed by atoms with van der Waals surface area (Å²) in [7, 11) is 0. The van der Waals surface area contributed by atoms with Crippen molar-refractivity contribution < 1.29 is 9.53 Å². The van der Waals surface area contributed by atoms with Gasteiger partial charge in [0.1, 0.15) is 17.5 Å². The Balaban J connectivity index is 1.82. The van der Waals surface area contributed by atoms with E-state index in [1.54, 1.807) is 12.3 Å². The van der Waals surface area contributed by atoms with E-state index in [0.717, 1.165) is 5.56 Å². The van der Waals surface area contributed by atoms with Gasteiger partial charge in [0, 0.05) is 11.8 Å². The second-order valence-electron chi connectivity index (χ2n) is 5.37. The lowest BCUT2D eigenvalue weighted by atomic mass is 10.1. The normalized spacial score (nSPS) is 12.0. The monoisotopic (exact) mass is 369 g/mol. The van der Waals surface area contributed by atoms with Crippen LogP contribution in [0.25, 0.3) is 11.1 Å². The largest absolute Gasteiger partial charge is 0.472 e. The number of halogens is 1. The van der Waals surface area contributed by atoms with Crippen LogP contribution in [0.2, 0.25) is 5.15 Å². The fraction of sp³-hybridized carbons (Fsp3) is 0.111. The van der Waals surface area contributed by atoms with Gasteiger partial charge < -0.3 is 4.74 Å². The van der Waals surface area contributed by atoms with Crippen molar-refractivity contribution in [2.75, 3.05) is 6.26 Å². The maximum Gasteiger partial charge on any atom is 0.226 e. The molecule has 0 aliphatic heterocycles. The van der Waals surface area contributed by atoms with Crippen molar-refractivity contribution in [1.82, 2.24) is 15.0 Å². The highest BCUT2D eigenvalue weighted by Gasteiger charge is 2.35. The molecule has 1 aromatic carbocycles. The molecule has 0 radical (unpaired) electrons. The van der Waals surface area contributed by atoms with Crippen molar-refractivity contribution in [3.05, 3.63) is 64.6 Å². The van der Waals surface area contributed by atoms with Crippen molar-refractivity contribution in [3.8, 4) is 17.0 Å². The zero-order valence-electron chi connectivity index (χ0n) is 13.2. The third-order valence-corrected chi connectivity index (χ3v) is 4.71. The van der Waals surface area contributed by atoms with Gasteiger partial charge in [-0.3, -0.25) is 4.79 Å². The average molecular weight is 370 g/mol. The highest BCUT2D eigenvalue weighted by atomic mass is 35.5. The summed E-state index contributed by atoms with van der Waals surface area (Å²) in [6, 6.07) is 11.5. The van der Waals surface area contributed by atoms with Crippen LogP contribution >= 0.6 is 23.4 Å². The molecule has 124 valence electrons. The van der Waals surface area contributed by atoms with E-state index < -0.39 is 0 Å². The first-order valence-corrected chi connectivity index (χ1v) is 9.11. The van der Waals surface area contributed by atoms with E-state index in [0.29, 0.717) is 40.0 Å². The Hall–Kier alpha value is -2.44. The Bertz CT molecular complexity index is 980. The van der Waals surface area contributed by atoms with E-state index in [9.17, 15) is 4.79 Å². The number of hydrogen-bond donors (Lipinski definition) is 0. The molecule has 0 amide bonds. The summed E-state index contributed by atoms with van der Waals surface area (Å²) in [6.45, 7) is 0.348. The van der Waals surface area contributed by atoms with Crippen LogP contribution in [-0.4, -0.2) is 27.0 Å². The van der Waals surface area contributed by atoms with Gasteiger partial charge >= 0.3 is 0 Å². The predicted molar refractivity (Wildman–Crippen MR) is 96.3 cm³/mol. The second kappa shape index (κ2) is 6.46. The molecule has 0 bridgehead atoms. The minimum Gasteiger partial charge on any atom is -0.472 e. The SMILES string of the molecule is CSc1nc(OCc2ccccc2)c2c(n1)C(=O)c1c-2ccnc1Cl. The standard InChI is InChI=1S/C18H12ClN3O2S/c1-25-18-21-14-12(11-7-8-20-16(19)13(11)15(14)23)17(22-18)24-9-10-5-3-2-4-6-10/h2-8H,9H2,1H3. The molecule has 2 heterocycles. The van der Waals surface area contributed by atoms with Gasteiger partial charge in [0.2, 0.25) is 11.7 Å². The van der Waals surface area contributed by atoms with Gasteiger partial charge in [-0.25, -0.2) is 9.97 Å². The third-order valence-electron chi connectivity index (χ3n) is 3.87. The summed E-state index contributed by atoms with van der Waals surface area (Å²) >= 11 is 7.48. The summed E-state index contributed by atoms with van der Waals surface area (Å²) in [6.07, 6.45) is 3.41. The van der Waals surface area contributed by atoms with Gasteiger partial charge in [-0.05, 0) is 17.9 Å². The molecule has 0 saturated carbocycles. The van der Waals surface area contributed by atoms with E-state index in [4.69, 9.17) is 16.3 Å². The second-order valence-corrected chi connectivity index (χ2v) is 6.50. The fourth-order valence-electron chi connectivity index (χ4n) is 2.73. The van der Waals surface area contributed by atoms with Crippen molar-refractivity contribution in [2.24, 2.45) is 0 Å². The molecule has 3 aromatic rings. The van der Waals surface area contributed by atoms with Crippen LogP contribution in [-0.2, 0) is 6.61 Å². The summed E-state index contributed by atoms with van der Waals surface area (Å²) < 4.78 is 5.94. The van der Waals surface area contributed by atoms with E-state index in [-0.39, 0.29) is 10.9 Å². The van der Waals surface area contributed by atoms with Crippen molar-refractivity contribution in [2.45, 2.75) is 11.8 Å².